The number of halogens is 2. The van der Waals surface area contributed by atoms with Gasteiger partial charge >= 0.3 is 5.97 Å². The third-order valence-electron chi connectivity index (χ3n) is 3.47. The maximum atomic E-state index is 12.8. The van der Waals surface area contributed by atoms with Crippen molar-refractivity contribution in [1.29, 1.82) is 0 Å². The lowest BCUT2D eigenvalue weighted by molar-refractivity contribution is -0.131. The van der Waals surface area contributed by atoms with E-state index in [0.29, 0.717) is 26.4 Å². The highest BCUT2D eigenvalue weighted by molar-refractivity contribution is 9.10. The number of hydrogen-bond acceptors (Lipinski definition) is 5. The molecule has 0 unspecified atom stereocenters. The third kappa shape index (κ3) is 3.41. The van der Waals surface area contributed by atoms with E-state index in [4.69, 9.17) is 25.5 Å². The van der Waals surface area contributed by atoms with Gasteiger partial charge in [-0.1, -0.05) is 11.6 Å². The van der Waals surface area contributed by atoms with Gasteiger partial charge in [0.2, 0.25) is 11.2 Å². The molecular weight excluding hydrogens is 412 g/mol. The first-order chi connectivity index (χ1) is 11.9. The van der Waals surface area contributed by atoms with Crippen molar-refractivity contribution in [2.45, 2.75) is 6.92 Å². The van der Waals surface area contributed by atoms with E-state index >= 15 is 0 Å². The van der Waals surface area contributed by atoms with Gasteiger partial charge in [0.25, 0.3) is 0 Å². The van der Waals surface area contributed by atoms with Gasteiger partial charge in [-0.15, -0.1) is 0 Å². The minimum atomic E-state index is -0.623. The molecular formula is C18H12BrClO5. The Bertz CT molecular complexity index is 1020. The zero-order chi connectivity index (χ0) is 18.1. The largest absolute Gasteiger partial charge is 0.497 e. The Morgan fingerprint density at radius 1 is 1.20 bits per heavy atom. The number of carbonyl (C=O) groups excluding carboxylic acids is 1. The van der Waals surface area contributed by atoms with Crippen LogP contribution in [0.15, 0.2) is 50.1 Å². The maximum absolute atomic E-state index is 12.8. The van der Waals surface area contributed by atoms with Gasteiger partial charge in [-0.3, -0.25) is 9.59 Å². The molecule has 0 saturated carbocycles. The number of methoxy groups -OCH3 is 1. The molecule has 0 aliphatic heterocycles. The van der Waals surface area contributed by atoms with Crippen LogP contribution in [-0.4, -0.2) is 13.1 Å². The van der Waals surface area contributed by atoms with Crippen molar-refractivity contribution >= 4 is 44.5 Å². The number of carbonyl (C=O) groups is 1. The van der Waals surface area contributed by atoms with Crippen molar-refractivity contribution in [3.63, 3.8) is 0 Å². The molecule has 0 spiro atoms. The Morgan fingerprint density at radius 3 is 2.48 bits per heavy atom. The Labute approximate surface area is 156 Å². The predicted octanol–water partition coefficient (Wildman–Crippen LogP) is 4.81. The average molecular weight is 424 g/mol. The molecule has 0 amide bonds. The molecule has 0 saturated heterocycles. The summed E-state index contributed by atoms with van der Waals surface area (Å²) in [4.78, 5) is 24.3. The summed E-state index contributed by atoms with van der Waals surface area (Å²) in [5.41, 5.74) is 0.402. The number of benzene rings is 2. The summed E-state index contributed by atoms with van der Waals surface area (Å²) in [6.45, 7) is 1.22. The molecule has 7 heteroatoms. The lowest BCUT2D eigenvalue weighted by Crippen LogP contribution is -2.13. The summed E-state index contributed by atoms with van der Waals surface area (Å²) >= 11 is 9.35. The lowest BCUT2D eigenvalue weighted by atomic mass is 10.1. The molecule has 128 valence electrons. The van der Waals surface area contributed by atoms with Crippen LogP contribution in [0.25, 0.3) is 22.3 Å². The maximum Gasteiger partial charge on any atom is 0.308 e. The molecule has 0 fully saturated rings. The van der Waals surface area contributed by atoms with E-state index in [2.05, 4.69) is 15.9 Å². The minimum Gasteiger partial charge on any atom is -0.497 e. The highest BCUT2D eigenvalue weighted by Gasteiger charge is 2.21. The number of rotatable bonds is 3. The van der Waals surface area contributed by atoms with Crippen LogP contribution in [0.4, 0.5) is 0 Å². The number of ether oxygens (including phenoxy) is 2. The summed E-state index contributed by atoms with van der Waals surface area (Å²) in [5, 5.41) is 0.575. The normalized spacial score (nSPS) is 10.7. The van der Waals surface area contributed by atoms with Crippen LogP contribution in [0.3, 0.4) is 0 Å². The summed E-state index contributed by atoms with van der Waals surface area (Å²) in [7, 11) is 1.55. The molecule has 0 N–H and O–H groups in total. The van der Waals surface area contributed by atoms with Crippen LogP contribution in [0.1, 0.15) is 6.92 Å². The van der Waals surface area contributed by atoms with Crippen LogP contribution in [-0.2, 0) is 4.79 Å². The second-order valence-electron chi connectivity index (χ2n) is 5.18. The van der Waals surface area contributed by atoms with Gasteiger partial charge in [0.05, 0.1) is 17.0 Å². The molecule has 0 bridgehead atoms. The first-order valence-corrected chi connectivity index (χ1v) is 8.36. The SMILES string of the molecule is COc1ccc(-c2oc3c(Br)cc(Cl)cc3c(=O)c2OC(C)=O)cc1. The van der Waals surface area contributed by atoms with E-state index in [-0.39, 0.29) is 16.9 Å². The van der Waals surface area contributed by atoms with E-state index in [1.807, 2.05) is 0 Å². The van der Waals surface area contributed by atoms with Gasteiger partial charge in [0, 0.05) is 17.5 Å². The first-order valence-electron chi connectivity index (χ1n) is 7.19. The van der Waals surface area contributed by atoms with Crippen molar-refractivity contribution in [3.8, 4) is 22.8 Å². The van der Waals surface area contributed by atoms with Crippen LogP contribution in [0.2, 0.25) is 5.02 Å². The lowest BCUT2D eigenvalue weighted by Gasteiger charge is -2.11. The highest BCUT2D eigenvalue weighted by atomic mass is 79.9. The topological polar surface area (TPSA) is 65.7 Å². The summed E-state index contributed by atoms with van der Waals surface area (Å²) in [6, 6.07) is 9.94. The van der Waals surface area contributed by atoms with E-state index < -0.39 is 11.4 Å². The monoisotopic (exact) mass is 422 g/mol. The summed E-state index contributed by atoms with van der Waals surface area (Å²) in [5.74, 6) is -0.00546. The molecule has 0 aliphatic rings. The summed E-state index contributed by atoms with van der Waals surface area (Å²) in [6.07, 6.45) is 0. The van der Waals surface area contributed by atoms with Crippen molar-refractivity contribution in [3.05, 3.63) is 56.1 Å². The van der Waals surface area contributed by atoms with Gasteiger partial charge in [-0.25, -0.2) is 0 Å². The van der Waals surface area contributed by atoms with Gasteiger partial charge in [-0.2, -0.15) is 0 Å². The van der Waals surface area contributed by atoms with E-state index in [0.717, 1.165) is 0 Å². The van der Waals surface area contributed by atoms with E-state index in [9.17, 15) is 9.59 Å². The predicted molar refractivity (Wildman–Crippen MR) is 98.5 cm³/mol. The summed E-state index contributed by atoms with van der Waals surface area (Å²) < 4.78 is 16.7. The Kier molecular flexibility index (Phi) is 4.83. The van der Waals surface area contributed by atoms with Gasteiger partial charge < -0.3 is 13.9 Å². The molecule has 3 aromatic rings. The van der Waals surface area contributed by atoms with Gasteiger partial charge in [-0.05, 0) is 52.3 Å². The molecule has 1 aromatic heterocycles. The molecule has 0 radical (unpaired) electrons. The minimum absolute atomic E-state index is 0.151. The molecule has 3 rings (SSSR count). The zero-order valence-corrected chi connectivity index (χ0v) is 15.6. The molecule has 2 aromatic carbocycles. The molecule has 1 heterocycles. The molecule has 0 aliphatic carbocycles. The van der Waals surface area contributed by atoms with Crippen molar-refractivity contribution < 1.29 is 18.7 Å². The molecule has 5 nitrogen and oxygen atoms in total. The standard InChI is InChI=1S/C18H12BrClO5/c1-9(21)24-18-15(22)13-7-11(20)8-14(19)17(13)25-16(18)10-3-5-12(23-2)6-4-10/h3-8H,1-2H3. The number of hydrogen-bond donors (Lipinski definition) is 0. The fraction of sp³-hybridized carbons (Fsp3) is 0.111. The molecule has 0 atom stereocenters. The van der Waals surface area contributed by atoms with Crippen molar-refractivity contribution in [1.82, 2.24) is 0 Å². The Balaban J connectivity index is 2.35. The van der Waals surface area contributed by atoms with E-state index in [1.165, 1.54) is 13.0 Å². The number of fused-ring (bicyclic) bond motifs is 1. The van der Waals surface area contributed by atoms with E-state index in [1.54, 1.807) is 37.4 Å². The second-order valence-corrected chi connectivity index (χ2v) is 6.47. The number of esters is 1. The quantitative estimate of drug-likeness (QED) is 0.566. The zero-order valence-electron chi connectivity index (χ0n) is 13.3. The van der Waals surface area contributed by atoms with Crippen LogP contribution in [0, 0.1) is 0 Å². The Hall–Kier alpha value is -2.31. The van der Waals surface area contributed by atoms with Crippen molar-refractivity contribution in [2.75, 3.05) is 7.11 Å². The van der Waals surface area contributed by atoms with Gasteiger partial charge in [0.15, 0.2) is 11.3 Å². The second kappa shape index (κ2) is 6.90. The van der Waals surface area contributed by atoms with Gasteiger partial charge in [0.1, 0.15) is 5.75 Å². The highest BCUT2D eigenvalue weighted by Crippen LogP contribution is 2.35. The van der Waals surface area contributed by atoms with Crippen LogP contribution < -0.4 is 14.9 Å². The first kappa shape index (κ1) is 17.5. The smallest absolute Gasteiger partial charge is 0.308 e. The third-order valence-corrected chi connectivity index (χ3v) is 4.27. The van der Waals surface area contributed by atoms with Crippen LogP contribution >= 0.6 is 27.5 Å². The van der Waals surface area contributed by atoms with Crippen LogP contribution in [0.5, 0.6) is 11.5 Å². The molecule has 25 heavy (non-hydrogen) atoms. The fourth-order valence-electron chi connectivity index (χ4n) is 2.38. The fourth-order valence-corrected chi connectivity index (χ4v) is 3.27. The average Bonchev–Trinajstić information content (AvgIpc) is 2.57. The van der Waals surface area contributed by atoms with Crippen molar-refractivity contribution in [2.24, 2.45) is 0 Å². The Morgan fingerprint density at radius 2 is 1.88 bits per heavy atom.